The molecular formula is C22H37N5O4+2. The van der Waals surface area contributed by atoms with Crippen LogP contribution in [0, 0.1) is 4.91 Å². The van der Waals surface area contributed by atoms with Crippen LogP contribution < -0.4 is 14.6 Å². The zero-order valence-electron chi connectivity index (χ0n) is 18.8. The van der Waals surface area contributed by atoms with Gasteiger partial charge in [0.1, 0.15) is 5.78 Å². The molecule has 9 heteroatoms. The van der Waals surface area contributed by atoms with E-state index in [2.05, 4.69) is 22.2 Å². The third-order valence-electron chi connectivity index (χ3n) is 5.26. The van der Waals surface area contributed by atoms with Crippen LogP contribution in [0.15, 0.2) is 24.3 Å². The number of rotatable bonds is 16. The number of hydrogen-bond donors (Lipinski definition) is 3. The number of hydrogen-bond acceptors (Lipinski definition) is 6. The van der Waals surface area contributed by atoms with Crippen molar-refractivity contribution in [2.75, 3.05) is 45.2 Å². The molecule has 31 heavy (non-hydrogen) atoms. The fraction of sp³-hybridized carbons (Fsp3) is 0.636. The molecule has 0 spiro atoms. The number of nitrogens with one attached hydrogen (secondary N) is 2. The molecule has 0 saturated heterocycles. The number of ketones is 1. The standard InChI is InChI=1S/C22H36N5O4/c1-3-4-5-6-9-15-25(16-17-31-2)18-19(28)11-10-14-23-22-24-27(30)21-13-8-7-12-20(21)26(22)29/h7-8,12-13,29H,3-6,9-11,14-18H2,1-2H3,(H,23,24,30)/q+1/p+1. The van der Waals surface area contributed by atoms with Crippen LogP contribution in [0.25, 0.3) is 11.0 Å². The number of para-hydroxylation sites is 2. The van der Waals surface area contributed by atoms with Gasteiger partial charge in [-0.25, -0.2) is 0 Å². The molecule has 0 aliphatic rings. The van der Waals surface area contributed by atoms with Gasteiger partial charge < -0.3 is 9.94 Å². The minimum absolute atomic E-state index is 0.176. The predicted octanol–water partition coefficient (Wildman–Crippen LogP) is 2.29. The van der Waals surface area contributed by atoms with Crippen LogP contribution in [-0.2, 0) is 9.53 Å². The van der Waals surface area contributed by atoms with Gasteiger partial charge in [0, 0.05) is 31.2 Å². The summed E-state index contributed by atoms with van der Waals surface area (Å²) in [6, 6.07) is 6.75. The summed E-state index contributed by atoms with van der Waals surface area (Å²) in [5.74, 6) is 0.361. The van der Waals surface area contributed by atoms with Crippen molar-refractivity contribution < 1.29 is 24.0 Å². The second-order valence-electron chi connectivity index (χ2n) is 7.81. The van der Waals surface area contributed by atoms with Gasteiger partial charge in [-0.15, -0.1) is 0 Å². The van der Waals surface area contributed by atoms with Crippen molar-refractivity contribution >= 4 is 22.8 Å². The first-order chi connectivity index (χ1) is 15.1. The van der Waals surface area contributed by atoms with Crippen LogP contribution in [-0.4, -0.2) is 60.9 Å². The summed E-state index contributed by atoms with van der Waals surface area (Å²) in [6.07, 6.45) is 7.06. The van der Waals surface area contributed by atoms with Gasteiger partial charge in [0.2, 0.25) is 10.1 Å². The summed E-state index contributed by atoms with van der Waals surface area (Å²) in [7, 11) is 1.68. The summed E-state index contributed by atoms with van der Waals surface area (Å²) >= 11 is 0. The zero-order valence-corrected chi connectivity index (χ0v) is 18.8. The van der Waals surface area contributed by atoms with Gasteiger partial charge in [0.25, 0.3) is 0 Å². The maximum absolute atomic E-state index is 12.4. The van der Waals surface area contributed by atoms with E-state index >= 15 is 0 Å². The number of benzene rings is 1. The fourth-order valence-electron chi connectivity index (χ4n) is 3.50. The molecule has 0 fully saturated rings. The summed E-state index contributed by atoms with van der Waals surface area (Å²) in [6.45, 7) is 5.38. The highest BCUT2D eigenvalue weighted by atomic mass is 16.5. The van der Waals surface area contributed by atoms with Crippen molar-refractivity contribution in [3.63, 3.8) is 0 Å². The Bertz CT molecular complexity index is 871. The number of aromatic amines is 1. The smallest absolute Gasteiger partial charge is 0.383 e. The summed E-state index contributed by atoms with van der Waals surface area (Å²) < 4.78 is 6.69. The Kier molecular flexibility index (Phi) is 10.9. The molecular weight excluding hydrogens is 398 g/mol. The molecule has 2 rings (SSSR count). The lowest BCUT2D eigenvalue weighted by molar-refractivity contribution is -0.881. The normalized spacial score (nSPS) is 11.3. The molecule has 1 aromatic heterocycles. The van der Waals surface area contributed by atoms with Gasteiger partial charge in [0.15, 0.2) is 0 Å². The minimum Gasteiger partial charge on any atom is -0.383 e. The van der Waals surface area contributed by atoms with E-state index < -0.39 is 0 Å². The maximum Gasteiger partial charge on any atom is 0.449 e. The molecule has 1 heterocycles. The summed E-state index contributed by atoms with van der Waals surface area (Å²) in [5.41, 5.74) is 0.721. The second kappa shape index (κ2) is 13.7. The van der Waals surface area contributed by atoms with Gasteiger partial charge >= 0.3 is 11.5 Å². The molecule has 0 unspecified atom stereocenters. The first-order valence-electron chi connectivity index (χ1n) is 11.2. The number of aromatic nitrogens is 3. The molecule has 0 amide bonds. The third kappa shape index (κ3) is 8.26. The number of anilines is 1. The van der Waals surface area contributed by atoms with E-state index in [4.69, 9.17) is 4.74 Å². The molecule has 0 saturated carbocycles. The molecule has 0 bridgehead atoms. The van der Waals surface area contributed by atoms with Gasteiger partial charge in [-0.05, 0) is 30.2 Å². The number of unbranched alkanes of at least 4 members (excludes halogenated alkanes) is 4. The Hall–Kier alpha value is -2.52. The molecule has 172 valence electrons. The Labute approximate surface area is 183 Å². The van der Waals surface area contributed by atoms with Crippen LogP contribution in [0.5, 0.6) is 0 Å². The number of H-pyrrole nitrogens is 1. The highest BCUT2D eigenvalue weighted by Gasteiger charge is 2.22. The lowest BCUT2D eigenvalue weighted by Gasteiger charge is -2.21. The quantitative estimate of drug-likeness (QED) is 0.212. The number of ether oxygens (including phenoxy) is 1. The second-order valence-corrected chi connectivity index (χ2v) is 7.81. The molecule has 0 aliphatic carbocycles. The Balaban J connectivity index is 1.77. The topological polar surface area (TPSA) is 104 Å². The summed E-state index contributed by atoms with van der Waals surface area (Å²) in [4.78, 5) is 26.7. The van der Waals surface area contributed by atoms with Crippen LogP contribution >= 0.6 is 0 Å². The van der Waals surface area contributed by atoms with E-state index in [-0.39, 0.29) is 11.7 Å². The van der Waals surface area contributed by atoms with Gasteiger partial charge in [0.05, 0.1) is 24.6 Å². The number of methoxy groups -OCH3 is 1. The van der Waals surface area contributed by atoms with E-state index in [9.17, 15) is 14.9 Å². The SMILES string of the molecule is CCCCCCCN(CCOC)CC(=O)CCCNc1[nH][n+](=O)c2ccccc2[n+]1O. The number of nitrogens with zero attached hydrogens (tertiary/aromatic N) is 3. The average molecular weight is 436 g/mol. The van der Waals surface area contributed by atoms with Crippen LogP contribution in [0.3, 0.4) is 0 Å². The fourth-order valence-corrected chi connectivity index (χ4v) is 3.50. The summed E-state index contributed by atoms with van der Waals surface area (Å²) in [5, 5.41) is 15.9. The zero-order chi connectivity index (χ0) is 22.5. The van der Waals surface area contributed by atoms with Gasteiger partial charge in [-0.3, -0.25) is 15.0 Å². The van der Waals surface area contributed by atoms with Crippen molar-refractivity contribution in [1.82, 2.24) is 10.00 Å². The van der Waals surface area contributed by atoms with Gasteiger partial charge in [-0.2, -0.15) is 0 Å². The van der Waals surface area contributed by atoms with Crippen molar-refractivity contribution in [2.24, 2.45) is 0 Å². The predicted molar refractivity (Wildman–Crippen MR) is 119 cm³/mol. The minimum atomic E-state index is 0.176. The van der Waals surface area contributed by atoms with Crippen molar-refractivity contribution in [1.29, 1.82) is 0 Å². The number of carbonyl (C=O) groups excluding carboxylic acids is 1. The average Bonchev–Trinajstić information content (AvgIpc) is 2.77. The first kappa shape index (κ1) is 24.7. The van der Waals surface area contributed by atoms with Crippen molar-refractivity contribution in [2.45, 2.75) is 51.9 Å². The number of carbonyl (C=O) groups is 1. The highest BCUT2D eigenvalue weighted by Crippen LogP contribution is 2.06. The lowest BCUT2D eigenvalue weighted by atomic mass is 10.1. The van der Waals surface area contributed by atoms with E-state index in [1.807, 2.05) is 0 Å². The monoisotopic (exact) mass is 435 g/mol. The largest absolute Gasteiger partial charge is 0.449 e. The van der Waals surface area contributed by atoms with E-state index in [0.29, 0.717) is 48.1 Å². The number of fused-ring (bicyclic) bond motifs is 1. The Morgan fingerprint density at radius 3 is 2.61 bits per heavy atom. The van der Waals surface area contributed by atoms with E-state index in [0.717, 1.165) is 24.2 Å². The van der Waals surface area contributed by atoms with Gasteiger partial charge in [-0.1, -0.05) is 44.7 Å². The van der Waals surface area contributed by atoms with Crippen molar-refractivity contribution in [3.05, 3.63) is 29.2 Å². The molecule has 0 aliphatic heterocycles. The molecule has 0 atom stereocenters. The van der Waals surface area contributed by atoms with E-state index in [1.165, 1.54) is 25.7 Å². The Morgan fingerprint density at radius 1 is 1.13 bits per heavy atom. The molecule has 3 N–H and O–H groups in total. The Morgan fingerprint density at radius 2 is 1.87 bits per heavy atom. The molecule has 2 aromatic rings. The van der Waals surface area contributed by atoms with Crippen LogP contribution in [0.1, 0.15) is 51.9 Å². The first-order valence-corrected chi connectivity index (χ1v) is 11.2. The molecule has 0 radical (unpaired) electrons. The van der Waals surface area contributed by atoms with Crippen LogP contribution in [0.4, 0.5) is 5.95 Å². The number of Topliss-reactive ketones (excluding diaryl/α,β-unsaturated/α-hetero) is 1. The van der Waals surface area contributed by atoms with E-state index in [1.54, 1.807) is 31.4 Å². The molecule has 9 nitrogen and oxygen atoms in total. The maximum atomic E-state index is 12.4. The third-order valence-corrected chi connectivity index (χ3v) is 5.26. The van der Waals surface area contributed by atoms with Crippen molar-refractivity contribution in [3.8, 4) is 0 Å². The lowest BCUT2D eigenvalue weighted by Crippen LogP contribution is -2.42. The molecule has 1 aromatic carbocycles. The highest BCUT2D eigenvalue weighted by molar-refractivity contribution is 5.80. The van der Waals surface area contributed by atoms with Crippen LogP contribution in [0.2, 0.25) is 0 Å².